The standard InChI is InChI=1S/C21H19F5N6O/c1-11-17(12(2)33-30-11)14-3-16-19(27-6-14)18(15-7-28-31(9-15)10-21(24,25)26)29-32(16)8-13-4-20(22,23)5-13/h3,6-7,9,13H,4-5,8,10H2,1-2H3. The van der Waals surface area contributed by atoms with Crippen LogP contribution < -0.4 is 0 Å². The van der Waals surface area contributed by atoms with Gasteiger partial charge in [0.25, 0.3) is 0 Å². The quantitative estimate of drug-likeness (QED) is 0.379. The smallest absolute Gasteiger partial charge is 0.361 e. The SMILES string of the molecule is Cc1noc(C)c1-c1cnc2c(-c3cnn(CC(F)(F)F)c3)nn(CC3CC(F)(F)C3)c2c1. The summed E-state index contributed by atoms with van der Waals surface area (Å²) in [5.41, 5.74) is 3.90. The lowest BCUT2D eigenvalue weighted by atomic mass is 9.81. The zero-order chi connectivity index (χ0) is 23.5. The Kier molecular flexibility index (Phi) is 4.80. The van der Waals surface area contributed by atoms with Crippen LogP contribution in [0.1, 0.15) is 24.3 Å². The lowest BCUT2D eigenvalue weighted by molar-refractivity contribution is -0.142. The Morgan fingerprint density at radius 2 is 1.91 bits per heavy atom. The van der Waals surface area contributed by atoms with Crippen LogP contribution in [0, 0.1) is 19.8 Å². The van der Waals surface area contributed by atoms with Crippen molar-refractivity contribution in [1.82, 2.24) is 29.7 Å². The Labute approximate surface area is 184 Å². The fourth-order valence-corrected chi connectivity index (χ4v) is 4.33. The van der Waals surface area contributed by atoms with Crippen LogP contribution in [0.4, 0.5) is 22.0 Å². The van der Waals surface area contributed by atoms with E-state index in [2.05, 4.69) is 20.3 Å². The average molecular weight is 466 g/mol. The second-order valence-corrected chi connectivity index (χ2v) is 8.49. The number of pyridine rings is 1. The third-order valence-electron chi connectivity index (χ3n) is 5.77. The number of hydrogen-bond acceptors (Lipinski definition) is 5. The number of aromatic nitrogens is 6. The van der Waals surface area contributed by atoms with Crippen LogP contribution >= 0.6 is 0 Å². The van der Waals surface area contributed by atoms with Crippen molar-refractivity contribution in [2.24, 2.45) is 5.92 Å². The summed E-state index contributed by atoms with van der Waals surface area (Å²) in [4.78, 5) is 4.52. The topological polar surface area (TPSA) is 74.6 Å². The van der Waals surface area contributed by atoms with Gasteiger partial charge in [0.2, 0.25) is 5.92 Å². The van der Waals surface area contributed by atoms with Crippen LogP contribution in [0.5, 0.6) is 0 Å². The van der Waals surface area contributed by atoms with Gasteiger partial charge < -0.3 is 4.52 Å². The summed E-state index contributed by atoms with van der Waals surface area (Å²) in [6, 6.07) is 1.82. The van der Waals surface area contributed by atoms with Gasteiger partial charge in [0.15, 0.2) is 0 Å². The van der Waals surface area contributed by atoms with E-state index in [4.69, 9.17) is 4.52 Å². The monoisotopic (exact) mass is 466 g/mol. The molecule has 4 heterocycles. The second kappa shape index (κ2) is 7.35. The van der Waals surface area contributed by atoms with Crippen molar-refractivity contribution in [2.45, 2.75) is 51.9 Å². The molecule has 33 heavy (non-hydrogen) atoms. The molecule has 4 aromatic heterocycles. The number of hydrogen-bond donors (Lipinski definition) is 0. The molecule has 0 saturated heterocycles. The molecule has 1 aliphatic carbocycles. The molecule has 1 fully saturated rings. The van der Waals surface area contributed by atoms with Gasteiger partial charge in [-0.3, -0.25) is 14.3 Å². The van der Waals surface area contributed by atoms with E-state index in [-0.39, 0.29) is 25.3 Å². The van der Waals surface area contributed by atoms with Crippen LogP contribution in [-0.4, -0.2) is 41.8 Å². The maximum absolute atomic E-state index is 13.4. The van der Waals surface area contributed by atoms with Crippen LogP contribution in [0.2, 0.25) is 0 Å². The van der Waals surface area contributed by atoms with E-state index in [0.29, 0.717) is 33.7 Å². The minimum atomic E-state index is -4.42. The van der Waals surface area contributed by atoms with E-state index >= 15 is 0 Å². The Morgan fingerprint density at radius 1 is 1.15 bits per heavy atom. The van der Waals surface area contributed by atoms with Crippen LogP contribution in [0.3, 0.4) is 0 Å². The Bertz CT molecular complexity index is 1310. The molecule has 0 bridgehead atoms. The van der Waals surface area contributed by atoms with E-state index in [0.717, 1.165) is 15.8 Å². The molecule has 5 rings (SSSR count). The van der Waals surface area contributed by atoms with Crippen LogP contribution in [-0.2, 0) is 13.1 Å². The number of fused-ring (bicyclic) bond motifs is 1. The average Bonchev–Trinajstić information content (AvgIpc) is 3.37. The maximum atomic E-state index is 13.4. The number of halogens is 5. The number of aryl methyl sites for hydroxylation is 2. The Balaban J connectivity index is 1.58. The first-order chi connectivity index (χ1) is 15.5. The van der Waals surface area contributed by atoms with Crippen molar-refractivity contribution in [3.8, 4) is 22.4 Å². The predicted molar refractivity (Wildman–Crippen MR) is 107 cm³/mol. The molecule has 7 nitrogen and oxygen atoms in total. The van der Waals surface area contributed by atoms with Crippen LogP contribution in [0.25, 0.3) is 33.4 Å². The first-order valence-corrected chi connectivity index (χ1v) is 10.3. The lowest BCUT2D eigenvalue weighted by Crippen LogP contribution is -2.37. The zero-order valence-corrected chi connectivity index (χ0v) is 17.7. The maximum Gasteiger partial charge on any atom is 0.408 e. The van der Waals surface area contributed by atoms with Gasteiger partial charge in [-0.25, -0.2) is 8.78 Å². The van der Waals surface area contributed by atoms with Gasteiger partial charge >= 0.3 is 6.18 Å². The van der Waals surface area contributed by atoms with Gasteiger partial charge in [-0.2, -0.15) is 23.4 Å². The molecule has 0 amide bonds. The van der Waals surface area contributed by atoms with Gasteiger partial charge in [-0.05, 0) is 25.8 Å². The molecule has 0 unspecified atom stereocenters. The third kappa shape index (κ3) is 4.09. The van der Waals surface area contributed by atoms with Crippen molar-refractivity contribution < 1.29 is 26.5 Å². The molecule has 0 aromatic carbocycles. The second-order valence-electron chi connectivity index (χ2n) is 8.49. The summed E-state index contributed by atoms with van der Waals surface area (Å²) in [5.74, 6) is -2.33. The number of alkyl halides is 5. The predicted octanol–water partition coefficient (Wildman–Crippen LogP) is 5.17. The lowest BCUT2D eigenvalue weighted by Gasteiger charge is -2.34. The number of rotatable bonds is 5. The molecule has 174 valence electrons. The highest BCUT2D eigenvalue weighted by molar-refractivity contribution is 5.92. The summed E-state index contributed by atoms with van der Waals surface area (Å²) in [7, 11) is 0. The van der Waals surface area contributed by atoms with E-state index in [1.54, 1.807) is 24.7 Å². The van der Waals surface area contributed by atoms with E-state index < -0.39 is 18.6 Å². The Hall–Kier alpha value is -3.31. The van der Waals surface area contributed by atoms with Crippen molar-refractivity contribution in [2.75, 3.05) is 0 Å². The molecule has 1 aliphatic rings. The van der Waals surface area contributed by atoms with E-state index in [9.17, 15) is 22.0 Å². The van der Waals surface area contributed by atoms with Crippen LogP contribution in [0.15, 0.2) is 29.2 Å². The number of nitrogens with zero attached hydrogens (tertiary/aromatic N) is 6. The molecule has 12 heteroatoms. The third-order valence-corrected chi connectivity index (χ3v) is 5.77. The van der Waals surface area contributed by atoms with Gasteiger partial charge in [-0.15, -0.1) is 0 Å². The van der Waals surface area contributed by atoms with Gasteiger partial charge in [0.05, 0.1) is 17.4 Å². The molecular formula is C21H19F5N6O. The fourth-order valence-electron chi connectivity index (χ4n) is 4.33. The minimum Gasteiger partial charge on any atom is -0.361 e. The summed E-state index contributed by atoms with van der Waals surface area (Å²) >= 11 is 0. The summed E-state index contributed by atoms with van der Waals surface area (Å²) in [5, 5.41) is 12.3. The van der Waals surface area contributed by atoms with E-state index in [1.165, 1.54) is 12.4 Å². The van der Waals surface area contributed by atoms with Gasteiger partial charge in [0, 0.05) is 48.5 Å². The summed E-state index contributed by atoms with van der Waals surface area (Å²) < 4.78 is 72.6. The molecule has 4 aromatic rings. The molecule has 1 saturated carbocycles. The first kappa shape index (κ1) is 21.5. The molecule has 0 radical (unpaired) electrons. The van der Waals surface area contributed by atoms with Crippen molar-refractivity contribution in [1.29, 1.82) is 0 Å². The normalized spacial score (nSPS) is 16.5. The first-order valence-electron chi connectivity index (χ1n) is 10.3. The fraction of sp³-hybridized carbons (Fsp3) is 0.429. The largest absolute Gasteiger partial charge is 0.408 e. The Morgan fingerprint density at radius 3 is 2.55 bits per heavy atom. The highest BCUT2D eigenvalue weighted by Gasteiger charge is 2.45. The minimum absolute atomic E-state index is 0.232. The zero-order valence-electron chi connectivity index (χ0n) is 17.7. The molecule has 0 spiro atoms. The summed E-state index contributed by atoms with van der Waals surface area (Å²) in [6.45, 7) is 2.58. The molecular weight excluding hydrogens is 447 g/mol. The summed E-state index contributed by atoms with van der Waals surface area (Å²) in [6.07, 6.45) is -0.724. The van der Waals surface area contributed by atoms with Gasteiger partial charge in [-0.1, -0.05) is 5.16 Å². The van der Waals surface area contributed by atoms with Crippen molar-refractivity contribution >= 4 is 11.0 Å². The van der Waals surface area contributed by atoms with Crippen molar-refractivity contribution in [3.63, 3.8) is 0 Å². The molecule has 0 atom stereocenters. The van der Waals surface area contributed by atoms with E-state index in [1.807, 2.05) is 6.07 Å². The highest BCUT2D eigenvalue weighted by Crippen LogP contribution is 2.43. The van der Waals surface area contributed by atoms with Crippen molar-refractivity contribution in [3.05, 3.63) is 36.1 Å². The van der Waals surface area contributed by atoms with Gasteiger partial charge in [0.1, 0.15) is 23.5 Å². The molecule has 0 aliphatic heterocycles. The highest BCUT2D eigenvalue weighted by atomic mass is 19.4. The molecule has 0 N–H and O–H groups in total.